The van der Waals surface area contributed by atoms with E-state index in [0.29, 0.717) is 22.3 Å². The Morgan fingerprint density at radius 3 is 2.56 bits per heavy atom. The lowest BCUT2D eigenvalue weighted by molar-refractivity contribution is 0.133. The van der Waals surface area contributed by atoms with Crippen molar-refractivity contribution in [2.75, 3.05) is 12.8 Å². The van der Waals surface area contributed by atoms with Crippen molar-refractivity contribution < 1.29 is 8.42 Å². The van der Waals surface area contributed by atoms with Crippen molar-refractivity contribution >= 4 is 32.6 Å². The van der Waals surface area contributed by atoms with Crippen LogP contribution in [0.5, 0.6) is 0 Å². The van der Waals surface area contributed by atoms with Crippen LogP contribution >= 0.6 is 11.8 Å². The van der Waals surface area contributed by atoms with Crippen LogP contribution in [0.15, 0.2) is 34.2 Å². The van der Waals surface area contributed by atoms with Crippen molar-refractivity contribution in [3.8, 4) is 6.19 Å². The van der Waals surface area contributed by atoms with E-state index >= 15 is 0 Å². The lowest BCUT2D eigenvalue weighted by Gasteiger charge is -2.39. The molecule has 146 valence electrons. The summed E-state index contributed by atoms with van der Waals surface area (Å²) in [5, 5.41) is 11.7. The summed E-state index contributed by atoms with van der Waals surface area (Å²) < 4.78 is 28.2. The predicted octanol–water partition coefficient (Wildman–Crippen LogP) is 3.70. The molecule has 1 aliphatic heterocycles. The molecule has 1 N–H and O–H groups in total. The van der Waals surface area contributed by atoms with Crippen LogP contribution in [0.3, 0.4) is 0 Å². The highest BCUT2D eigenvalue weighted by atomic mass is 32.2. The molecule has 1 aromatic rings. The lowest BCUT2D eigenvalue weighted by atomic mass is 9.65. The van der Waals surface area contributed by atoms with E-state index in [-0.39, 0.29) is 16.9 Å². The van der Waals surface area contributed by atoms with Crippen molar-refractivity contribution in [3.63, 3.8) is 0 Å². The molecule has 8 heteroatoms. The summed E-state index contributed by atoms with van der Waals surface area (Å²) in [5.74, 6) is 0. The van der Waals surface area contributed by atoms with E-state index in [2.05, 4.69) is 31.1 Å². The number of nitrogens with zero attached hydrogens (tertiary/aromatic N) is 3. The van der Waals surface area contributed by atoms with E-state index in [1.165, 1.54) is 11.8 Å². The number of nitrogens with one attached hydrogen (secondary N) is 1. The quantitative estimate of drug-likeness (QED) is 0.358. The minimum atomic E-state index is -3.53. The first-order valence-electron chi connectivity index (χ1n) is 8.98. The van der Waals surface area contributed by atoms with Crippen molar-refractivity contribution in [1.29, 1.82) is 5.26 Å². The van der Waals surface area contributed by atoms with Gasteiger partial charge in [0.2, 0.25) is 10.0 Å². The number of amidine groups is 1. The second-order valence-electron chi connectivity index (χ2n) is 8.62. The van der Waals surface area contributed by atoms with Crippen LogP contribution in [0, 0.1) is 22.3 Å². The fourth-order valence-corrected chi connectivity index (χ4v) is 6.93. The van der Waals surface area contributed by atoms with Gasteiger partial charge in [0, 0.05) is 12.6 Å². The molecule has 1 saturated carbocycles. The first-order chi connectivity index (χ1) is 12.6. The molecule has 6 nitrogen and oxygen atoms in total. The molecule has 3 rings (SSSR count). The van der Waals surface area contributed by atoms with Crippen molar-refractivity contribution in [2.24, 2.45) is 15.8 Å². The van der Waals surface area contributed by atoms with Gasteiger partial charge < -0.3 is 0 Å². The molecule has 0 amide bonds. The van der Waals surface area contributed by atoms with Gasteiger partial charge >= 0.3 is 0 Å². The van der Waals surface area contributed by atoms with Gasteiger partial charge in [-0.3, -0.25) is 5.32 Å². The highest BCUT2D eigenvalue weighted by Crippen LogP contribution is 2.53. The van der Waals surface area contributed by atoms with Crippen LogP contribution in [0.4, 0.5) is 5.69 Å². The molecule has 2 unspecified atom stereocenters. The number of hydrogen-bond donors (Lipinski definition) is 1. The molecule has 0 radical (unpaired) electrons. The predicted molar refractivity (Wildman–Crippen MR) is 109 cm³/mol. The maximum atomic E-state index is 13.3. The van der Waals surface area contributed by atoms with Gasteiger partial charge in [0.25, 0.3) is 0 Å². The standard InChI is InChI=1S/C19H26N4O2S2/c1-18(2)9-15-10-19(3,11-18)12-23(15)27(24,25)16-7-5-14(6-8-16)22-17(26-4)21-13-20/h5-8,15H,9-12H2,1-4H3,(H,21,22). The Bertz CT molecular complexity index is 887. The van der Waals surface area contributed by atoms with E-state index in [1.807, 2.05) is 12.4 Å². The zero-order valence-electron chi connectivity index (χ0n) is 16.2. The van der Waals surface area contributed by atoms with E-state index in [4.69, 9.17) is 5.26 Å². The summed E-state index contributed by atoms with van der Waals surface area (Å²) in [6.07, 6.45) is 6.55. The topological polar surface area (TPSA) is 85.6 Å². The molecule has 2 atom stereocenters. The minimum absolute atomic E-state index is 0.0555. The van der Waals surface area contributed by atoms with Gasteiger partial charge in [-0.2, -0.15) is 9.57 Å². The molecule has 1 heterocycles. The van der Waals surface area contributed by atoms with Crippen LogP contribution in [0.25, 0.3) is 0 Å². The lowest BCUT2D eigenvalue weighted by Crippen LogP contribution is -2.37. The maximum Gasteiger partial charge on any atom is 0.243 e. The fourth-order valence-electron chi connectivity index (χ4n) is 4.81. The number of fused-ring (bicyclic) bond motifs is 2. The Hall–Kier alpha value is -1.56. The van der Waals surface area contributed by atoms with Gasteiger partial charge in [0.15, 0.2) is 11.4 Å². The summed E-state index contributed by atoms with van der Waals surface area (Å²) in [4.78, 5) is 4.61. The van der Waals surface area contributed by atoms with Gasteiger partial charge in [-0.05, 0) is 60.6 Å². The third-order valence-corrected chi connectivity index (χ3v) is 7.89. The molecule has 1 aliphatic carbocycles. The number of nitriles is 1. The normalized spacial score (nSPS) is 28.0. The summed E-state index contributed by atoms with van der Waals surface area (Å²) >= 11 is 1.32. The number of sulfonamides is 1. The number of rotatable bonds is 3. The molecular weight excluding hydrogens is 380 g/mol. The zero-order chi connectivity index (χ0) is 19.9. The van der Waals surface area contributed by atoms with Crippen molar-refractivity contribution in [1.82, 2.24) is 9.62 Å². The zero-order valence-corrected chi connectivity index (χ0v) is 17.8. The summed E-state index contributed by atoms with van der Waals surface area (Å²) in [5.41, 5.74) is 0.830. The SMILES string of the molecule is CSC(=Nc1ccc(S(=O)(=O)N2CC3(C)CC2CC(C)(C)C3)cc1)NC#N. The smallest absolute Gasteiger partial charge is 0.243 e. The van der Waals surface area contributed by atoms with Gasteiger partial charge in [-0.15, -0.1) is 0 Å². The molecule has 1 saturated heterocycles. The molecular formula is C19H26N4O2S2. The van der Waals surface area contributed by atoms with Crippen LogP contribution in [0.1, 0.15) is 40.0 Å². The molecule has 1 aromatic carbocycles. The molecule has 2 bridgehead atoms. The third kappa shape index (κ3) is 4.15. The van der Waals surface area contributed by atoms with Crippen LogP contribution in [0.2, 0.25) is 0 Å². The second-order valence-corrected chi connectivity index (χ2v) is 11.3. The second kappa shape index (κ2) is 7.12. The molecule has 2 aliphatic rings. The largest absolute Gasteiger partial charge is 0.271 e. The van der Waals surface area contributed by atoms with Crippen LogP contribution < -0.4 is 5.32 Å². The van der Waals surface area contributed by atoms with Gasteiger partial charge in [0.1, 0.15) is 0 Å². The number of aliphatic imine (C=N–C) groups is 1. The van der Waals surface area contributed by atoms with Crippen molar-refractivity contribution in [2.45, 2.75) is 51.0 Å². The molecule has 0 spiro atoms. The Morgan fingerprint density at radius 2 is 1.96 bits per heavy atom. The van der Waals surface area contributed by atoms with Crippen molar-refractivity contribution in [3.05, 3.63) is 24.3 Å². The minimum Gasteiger partial charge on any atom is -0.271 e. The molecule has 0 aromatic heterocycles. The van der Waals surface area contributed by atoms with E-state index in [1.54, 1.807) is 28.6 Å². The third-order valence-electron chi connectivity index (χ3n) is 5.40. The summed E-state index contributed by atoms with van der Waals surface area (Å²) in [6, 6.07) is 6.64. The van der Waals surface area contributed by atoms with Crippen LogP contribution in [-0.2, 0) is 10.0 Å². The Balaban J connectivity index is 1.85. The Kier molecular flexibility index (Phi) is 5.32. The highest BCUT2D eigenvalue weighted by molar-refractivity contribution is 8.13. The first-order valence-corrected chi connectivity index (χ1v) is 11.6. The summed E-state index contributed by atoms with van der Waals surface area (Å²) in [7, 11) is -3.53. The van der Waals surface area contributed by atoms with Gasteiger partial charge in [-0.1, -0.05) is 32.5 Å². The maximum absolute atomic E-state index is 13.3. The number of hydrogen-bond acceptors (Lipinski definition) is 5. The summed E-state index contributed by atoms with van der Waals surface area (Å²) in [6.45, 7) is 7.27. The average molecular weight is 407 g/mol. The van der Waals surface area contributed by atoms with Gasteiger partial charge in [0.05, 0.1) is 10.6 Å². The molecule has 27 heavy (non-hydrogen) atoms. The Labute approximate surface area is 166 Å². The average Bonchev–Trinajstić information content (AvgIpc) is 2.84. The highest BCUT2D eigenvalue weighted by Gasteiger charge is 2.53. The van der Waals surface area contributed by atoms with E-state index < -0.39 is 10.0 Å². The number of thioether (sulfide) groups is 1. The number of benzene rings is 1. The first kappa shape index (κ1) is 20.2. The van der Waals surface area contributed by atoms with E-state index in [9.17, 15) is 8.42 Å². The van der Waals surface area contributed by atoms with E-state index in [0.717, 1.165) is 19.3 Å². The Morgan fingerprint density at radius 1 is 1.30 bits per heavy atom. The monoisotopic (exact) mass is 406 g/mol. The fraction of sp³-hybridized carbons (Fsp3) is 0.579. The molecule has 2 fully saturated rings. The van der Waals surface area contributed by atoms with Gasteiger partial charge in [-0.25, -0.2) is 13.4 Å². The van der Waals surface area contributed by atoms with Crippen LogP contribution in [-0.4, -0.2) is 36.7 Å².